The van der Waals surface area contributed by atoms with Crippen molar-refractivity contribution in [2.45, 2.75) is 18.9 Å². The standard InChI is InChI=1S/C21H22BrN3O2/c22-17-6-4-5-16(15-17)9-10-20(26)23-19-11-13-25(14-12-19)21(27)24-18-7-2-1-3-8-18/h1-10,15,19H,11-14H2,(H,23,26)(H,24,27)/b10-9+. The van der Waals surface area contributed by atoms with Gasteiger partial charge >= 0.3 is 6.03 Å². The molecule has 1 fully saturated rings. The Bertz CT molecular complexity index is 815. The Morgan fingerprint density at radius 2 is 1.78 bits per heavy atom. The van der Waals surface area contributed by atoms with Gasteiger partial charge in [-0.15, -0.1) is 0 Å². The van der Waals surface area contributed by atoms with Crippen LogP contribution in [0.25, 0.3) is 6.08 Å². The van der Waals surface area contributed by atoms with E-state index in [2.05, 4.69) is 26.6 Å². The summed E-state index contributed by atoms with van der Waals surface area (Å²) in [6.45, 7) is 1.25. The zero-order chi connectivity index (χ0) is 19.1. The number of halogens is 1. The summed E-state index contributed by atoms with van der Waals surface area (Å²) in [6, 6.07) is 17.2. The smallest absolute Gasteiger partial charge is 0.321 e. The molecule has 3 rings (SSSR count). The van der Waals surface area contributed by atoms with Crippen molar-refractivity contribution >= 4 is 39.6 Å². The van der Waals surface area contributed by atoms with Crippen LogP contribution in [0.2, 0.25) is 0 Å². The molecular weight excluding hydrogens is 406 g/mol. The molecular formula is C21H22BrN3O2. The first-order valence-corrected chi connectivity index (χ1v) is 9.74. The van der Waals surface area contributed by atoms with Gasteiger partial charge in [0.15, 0.2) is 0 Å². The van der Waals surface area contributed by atoms with Crippen LogP contribution in [0.1, 0.15) is 18.4 Å². The van der Waals surface area contributed by atoms with E-state index in [0.717, 1.165) is 28.6 Å². The van der Waals surface area contributed by atoms with Gasteiger partial charge in [0.1, 0.15) is 0 Å². The zero-order valence-electron chi connectivity index (χ0n) is 14.9. The van der Waals surface area contributed by atoms with Crippen LogP contribution in [0.3, 0.4) is 0 Å². The summed E-state index contributed by atoms with van der Waals surface area (Å²) in [6.07, 6.45) is 4.84. The highest BCUT2D eigenvalue weighted by Gasteiger charge is 2.23. The lowest BCUT2D eigenvalue weighted by Gasteiger charge is -2.32. The Kier molecular flexibility index (Phi) is 6.65. The average Bonchev–Trinajstić information content (AvgIpc) is 2.68. The van der Waals surface area contributed by atoms with Crippen molar-refractivity contribution in [3.05, 3.63) is 70.7 Å². The molecule has 0 bridgehead atoms. The number of urea groups is 1. The Morgan fingerprint density at radius 1 is 1.04 bits per heavy atom. The van der Waals surface area contributed by atoms with Gasteiger partial charge in [-0.25, -0.2) is 4.79 Å². The maximum Gasteiger partial charge on any atom is 0.321 e. The van der Waals surface area contributed by atoms with Gasteiger partial charge in [-0.05, 0) is 48.7 Å². The Morgan fingerprint density at radius 3 is 2.48 bits per heavy atom. The first kappa shape index (κ1) is 19.2. The number of nitrogens with zero attached hydrogens (tertiary/aromatic N) is 1. The molecule has 5 nitrogen and oxygen atoms in total. The van der Waals surface area contributed by atoms with E-state index in [1.807, 2.05) is 54.6 Å². The fourth-order valence-corrected chi connectivity index (χ4v) is 3.40. The summed E-state index contributed by atoms with van der Waals surface area (Å²) in [5.41, 5.74) is 1.75. The molecule has 1 saturated heterocycles. The van der Waals surface area contributed by atoms with Crippen molar-refractivity contribution in [2.75, 3.05) is 18.4 Å². The fraction of sp³-hybridized carbons (Fsp3) is 0.238. The third kappa shape index (κ3) is 5.96. The van der Waals surface area contributed by atoms with Crippen molar-refractivity contribution in [3.8, 4) is 0 Å². The molecule has 6 heteroatoms. The molecule has 3 amide bonds. The van der Waals surface area contributed by atoms with Gasteiger partial charge in [0.25, 0.3) is 0 Å². The first-order valence-electron chi connectivity index (χ1n) is 8.95. The van der Waals surface area contributed by atoms with Crippen LogP contribution in [0.15, 0.2) is 65.1 Å². The molecule has 0 aromatic heterocycles. The molecule has 0 radical (unpaired) electrons. The normalized spacial score (nSPS) is 14.9. The van der Waals surface area contributed by atoms with E-state index in [1.54, 1.807) is 17.1 Å². The Hall–Kier alpha value is -2.60. The number of benzene rings is 2. The van der Waals surface area contributed by atoms with Crippen LogP contribution in [-0.2, 0) is 4.79 Å². The molecule has 27 heavy (non-hydrogen) atoms. The highest BCUT2D eigenvalue weighted by Crippen LogP contribution is 2.14. The molecule has 2 aromatic carbocycles. The molecule has 0 spiro atoms. The number of piperidine rings is 1. The molecule has 140 valence electrons. The molecule has 1 aliphatic rings. The van der Waals surface area contributed by atoms with Crippen molar-refractivity contribution in [2.24, 2.45) is 0 Å². The molecule has 1 aliphatic heterocycles. The fourth-order valence-electron chi connectivity index (χ4n) is 2.98. The van der Waals surface area contributed by atoms with Gasteiger partial charge in [-0.3, -0.25) is 4.79 Å². The highest BCUT2D eigenvalue weighted by molar-refractivity contribution is 9.10. The summed E-state index contributed by atoms with van der Waals surface area (Å²) in [4.78, 5) is 26.2. The summed E-state index contributed by atoms with van der Waals surface area (Å²) in [5.74, 6) is -0.109. The summed E-state index contributed by atoms with van der Waals surface area (Å²) in [7, 11) is 0. The van der Waals surface area contributed by atoms with Gasteiger partial charge in [-0.1, -0.05) is 46.3 Å². The molecule has 0 unspecified atom stereocenters. The van der Waals surface area contributed by atoms with Gasteiger partial charge in [0.05, 0.1) is 0 Å². The van der Waals surface area contributed by atoms with Gasteiger partial charge in [0, 0.05) is 35.4 Å². The number of amides is 3. The Balaban J connectivity index is 1.43. The SMILES string of the molecule is O=C(/C=C/c1cccc(Br)c1)NC1CCN(C(=O)Nc2ccccc2)CC1. The van der Waals surface area contributed by atoms with Crippen molar-refractivity contribution in [1.82, 2.24) is 10.2 Å². The number of nitrogens with one attached hydrogen (secondary N) is 2. The van der Waals surface area contributed by atoms with Crippen LogP contribution < -0.4 is 10.6 Å². The van der Waals surface area contributed by atoms with Gasteiger partial charge in [-0.2, -0.15) is 0 Å². The predicted octanol–water partition coefficient (Wildman–Crippen LogP) is 4.28. The van der Waals surface area contributed by atoms with Crippen molar-refractivity contribution < 1.29 is 9.59 Å². The van der Waals surface area contributed by atoms with E-state index < -0.39 is 0 Å². The number of carbonyl (C=O) groups is 2. The van der Waals surface area contributed by atoms with Crippen LogP contribution in [0, 0.1) is 0 Å². The first-order chi connectivity index (χ1) is 13.1. The van der Waals surface area contributed by atoms with Crippen LogP contribution >= 0.6 is 15.9 Å². The number of likely N-dealkylation sites (tertiary alicyclic amines) is 1. The van der Waals surface area contributed by atoms with Crippen LogP contribution in [-0.4, -0.2) is 36.0 Å². The second-order valence-corrected chi connectivity index (χ2v) is 7.37. The molecule has 0 saturated carbocycles. The second-order valence-electron chi connectivity index (χ2n) is 6.45. The van der Waals surface area contributed by atoms with Crippen LogP contribution in [0.5, 0.6) is 0 Å². The predicted molar refractivity (Wildman–Crippen MR) is 111 cm³/mol. The number of rotatable bonds is 4. The number of anilines is 1. The lowest BCUT2D eigenvalue weighted by atomic mass is 10.1. The number of hydrogen-bond donors (Lipinski definition) is 2. The molecule has 0 aliphatic carbocycles. The van der Waals surface area contributed by atoms with Gasteiger partial charge < -0.3 is 15.5 Å². The van der Waals surface area contributed by atoms with Crippen LogP contribution in [0.4, 0.5) is 10.5 Å². The summed E-state index contributed by atoms with van der Waals surface area (Å²) >= 11 is 3.42. The molecule has 1 heterocycles. The third-order valence-corrected chi connectivity index (χ3v) is 4.92. The zero-order valence-corrected chi connectivity index (χ0v) is 16.5. The quantitative estimate of drug-likeness (QED) is 0.715. The average molecular weight is 428 g/mol. The lowest BCUT2D eigenvalue weighted by molar-refractivity contribution is -0.117. The monoisotopic (exact) mass is 427 g/mol. The van der Waals surface area contributed by atoms with E-state index in [-0.39, 0.29) is 18.0 Å². The second kappa shape index (κ2) is 9.37. The maximum absolute atomic E-state index is 12.3. The highest BCUT2D eigenvalue weighted by atomic mass is 79.9. The maximum atomic E-state index is 12.3. The topological polar surface area (TPSA) is 61.4 Å². The third-order valence-electron chi connectivity index (χ3n) is 4.43. The van der Waals surface area contributed by atoms with E-state index in [4.69, 9.17) is 0 Å². The van der Waals surface area contributed by atoms with Gasteiger partial charge in [0.2, 0.25) is 5.91 Å². The Labute approximate surface area is 167 Å². The summed E-state index contributed by atoms with van der Waals surface area (Å²) in [5, 5.41) is 5.91. The van der Waals surface area contributed by atoms with E-state index >= 15 is 0 Å². The minimum Gasteiger partial charge on any atom is -0.350 e. The lowest BCUT2D eigenvalue weighted by Crippen LogP contribution is -2.47. The van der Waals surface area contributed by atoms with E-state index in [0.29, 0.717) is 13.1 Å². The minimum absolute atomic E-state index is 0.0884. The summed E-state index contributed by atoms with van der Waals surface area (Å²) < 4.78 is 0.978. The van der Waals surface area contributed by atoms with E-state index in [9.17, 15) is 9.59 Å². The van der Waals surface area contributed by atoms with E-state index in [1.165, 1.54) is 0 Å². The number of para-hydroxylation sites is 1. The molecule has 0 atom stereocenters. The largest absolute Gasteiger partial charge is 0.350 e. The molecule has 2 N–H and O–H groups in total. The number of hydrogen-bond acceptors (Lipinski definition) is 2. The molecule has 2 aromatic rings. The number of carbonyl (C=O) groups excluding carboxylic acids is 2. The minimum atomic E-state index is -0.109. The van der Waals surface area contributed by atoms with Crippen molar-refractivity contribution in [3.63, 3.8) is 0 Å². The van der Waals surface area contributed by atoms with Crippen molar-refractivity contribution in [1.29, 1.82) is 0 Å².